The smallest absolute Gasteiger partial charge is 0.317 e. The zero-order chi connectivity index (χ0) is 15.1. The second-order valence-corrected chi connectivity index (χ2v) is 6.41. The Morgan fingerprint density at radius 1 is 1.25 bits per heavy atom. The molecule has 0 heterocycles. The van der Waals surface area contributed by atoms with E-state index in [0.717, 1.165) is 6.07 Å². The lowest BCUT2D eigenvalue weighted by molar-refractivity contribution is -0.166. The van der Waals surface area contributed by atoms with Gasteiger partial charge in [-0.3, -0.25) is 4.79 Å². The van der Waals surface area contributed by atoms with Crippen molar-refractivity contribution in [2.45, 2.75) is 50.7 Å². The van der Waals surface area contributed by atoms with Crippen LogP contribution in [0.15, 0.2) is 18.2 Å². The van der Waals surface area contributed by atoms with E-state index in [0.29, 0.717) is 18.4 Å². The predicted octanol–water partition coefficient (Wildman–Crippen LogP) is 2.67. The van der Waals surface area contributed by atoms with Crippen molar-refractivity contribution in [2.24, 2.45) is 5.73 Å². The van der Waals surface area contributed by atoms with Crippen LogP contribution in [0.4, 0.5) is 8.78 Å². The first-order valence-electron chi connectivity index (χ1n) is 6.58. The van der Waals surface area contributed by atoms with E-state index < -0.39 is 28.6 Å². The summed E-state index contributed by atoms with van der Waals surface area (Å²) in [5, 5.41) is 0. The molecule has 1 aromatic rings. The number of rotatable bonds is 2. The summed E-state index contributed by atoms with van der Waals surface area (Å²) in [4.78, 5) is 12.4. The van der Waals surface area contributed by atoms with Crippen LogP contribution in [-0.2, 0) is 14.9 Å². The second-order valence-electron chi connectivity index (χ2n) is 6.41. The van der Waals surface area contributed by atoms with Crippen LogP contribution in [0.25, 0.3) is 0 Å². The average Bonchev–Trinajstić information content (AvgIpc) is 2.20. The third-order valence-electron chi connectivity index (χ3n) is 3.43. The summed E-state index contributed by atoms with van der Waals surface area (Å²) >= 11 is 0. The van der Waals surface area contributed by atoms with Crippen molar-refractivity contribution >= 4 is 5.97 Å². The van der Waals surface area contributed by atoms with E-state index in [1.165, 1.54) is 12.1 Å². The minimum atomic E-state index is -1.03. The lowest BCUT2D eigenvalue weighted by atomic mass is 9.61. The van der Waals surface area contributed by atoms with Crippen molar-refractivity contribution in [3.05, 3.63) is 35.4 Å². The molecule has 1 aliphatic carbocycles. The summed E-state index contributed by atoms with van der Waals surface area (Å²) in [6, 6.07) is 2.98. The first kappa shape index (κ1) is 14.9. The van der Waals surface area contributed by atoms with E-state index in [9.17, 15) is 13.6 Å². The van der Waals surface area contributed by atoms with E-state index >= 15 is 0 Å². The zero-order valence-electron chi connectivity index (χ0n) is 11.9. The Bertz CT molecular complexity index is 511. The van der Waals surface area contributed by atoms with Crippen LogP contribution in [0.5, 0.6) is 0 Å². The standard InChI is InChI=1S/C15H19F2NO2/c1-14(2,3)20-13(19)15(7-12(18)8-15)9-4-10(16)6-11(17)5-9/h4-6,12H,7-8,18H2,1-3H3. The molecule has 0 spiro atoms. The SMILES string of the molecule is CC(C)(C)OC(=O)C1(c2cc(F)cc(F)c2)CC(N)C1. The molecule has 5 heteroatoms. The Morgan fingerprint density at radius 3 is 2.15 bits per heavy atom. The van der Waals surface area contributed by atoms with Crippen LogP contribution in [0.1, 0.15) is 39.2 Å². The molecule has 20 heavy (non-hydrogen) atoms. The fourth-order valence-electron chi connectivity index (χ4n) is 2.56. The number of halogens is 2. The van der Waals surface area contributed by atoms with Crippen LogP contribution in [0.3, 0.4) is 0 Å². The number of carbonyl (C=O) groups excluding carboxylic acids is 1. The topological polar surface area (TPSA) is 52.3 Å². The van der Waals surface area contributed by atoms with Gasteiger partial charge in [0.1, 0.15) is 17.2 Å². The number of benzene rings is 1. The number of carbonyl (C=O) groups is 1. The Kier molecular flexibility index (Phi) is 3.58. The van der Waals surface area contributed by atoms with E-state index in [1.807, 2.05) is 0 Å². The lowest BCUT2D eigenvalue weighted by Gasteiger charge is -2.45. The highest BCUT2D eigenvalue weighted by molar-refractivity contribution is 5.85. The molecule has 1 aliphatic rings. The molecule has 110 valence electrons. The van der Waals surface area contributed by atoms with Crippen LogP contribution in [0.2, 0.25) is 0 Å². The number of hydrogen-bond donors (Lipinski definition) is 1. The Morgan fingerprint density at radius 2 is 1.75 bits per heavy atom. The molecule has 0 atom stereocenters. The van der Waals surface area contributed by atoms with Crippen LogP contribution in [-0.4, -0.2) is 17.6 Å². The van der Waals surface area contributed by atoms with Gasteiger partial charge in [-0.25, -0.2) is 8.78 Å². The minimum absolute atomic E-state index is 0.158. The third-order valence-corrected chi connectivity index (χ3v) is 3.43. The van der Waals surface area contributed by atoms with E-state index in [-0.39, 0.29) is 6.04 Å². The molecule has 2 N–H and O–H groups in total. The van der Waals surface area contributed by atoms with Crippen LogP contribution < -0.4 is 5.73 Å². The lowest BCUT2D eigenvalue weighted by Crippen LogP contribution is -2.56. The fraction of sp³-hybridized carbons (Fsp3) is 0.533. The summed E-state index contributed by atoms with van der Waals surface area (Å²) < 4.78 is 32.2. The van der Waals surface area contributed by atoms with E-state index in [1.54, 1.807) is 20.8 Å². The highest BCUT2D eigenvalue weighted by Crippen LogP contribution is 2.45. The van der Waals surface area contributed by atoms with Crippen LogP contribution >= 0.6 is 0 Å². The maximum absolute atomic E-state index is 13.4. The van der Waals surface area contributed by atoms with Crippen molar-refractivity contribution in [3.8, 4) is 0 Å². The van der Waals surface area contributed by atoms with Gasteiger partial charge < -0.3 is 10.5 Å². The maximum atomic E-state index is 13.4. The monoisotopic (exact) mass is 283 g/mol. The van der Waals surface area contributed by atoms with Crippen molar-refractivity contribution in [2.75, 3.05) is 0 Å². The van der Waals surface area contributed by atoms with Crippen LogP contribution in [0, 0.1) is 11.6 Å². The summed E-state index contributed by atoms with van der Waals surface area (Å²) in [6.07, 6.45) is 0.676. The molecule has 0 radical (unpaired) electrons. The molecule has 1 saturated carbocycles. The number of ether oxygens (including phenoxy) is 1. The largest absolute Gasteiger partial charge is 0.459 e. The number of hydrogen-bond acceptors (Lipinski definition) is 3. The molecule has 0 aliphatic heterocycles. The van der Waals surface area contributed by atoms with Crippen molar-refractivity contribution < 1.29 is 18.3 Å². The fourth-order valence-corrected chi connectivity index (χ4v) is 2.56. The van der Waals surface area contributed by atoms with E-state index in [4.69, 9.17) is 10.5 Å². The van der Waals surface area contributed by atoms with Crippen molar-refractivity contribution in [1.29, 1.82) is 0 Å². The quantitative estimate of drug-likeness (QED) is 0.849. The van der Waals surface area contributed by atoms with Gasteiger partial charge in [0.05, 0.1) is 5.41 Å². The van der Waals surface area contributed by atoms with Gasteiger partial charge in [-0.05, 0) is 51.3 Å². The second kappa shape index (κ2) is 4.81. The van der Waals surface area contributed by atoms with Gasteiger partial charge in [0.15, 0.2) is 0 Å². The third kappa shape index (κ3) is 2.82. The molecule has 0 bridgehead atoms. The first-order valence-corrected chi connectivity index (χ1v) is 6.58. The molecule has 0 aromatic heterocycles. The van der Waals surface area contributed by atoms with Gasteiger partial charge in [-0.2, -0.15) is 0 Å². The van der Waals surface area contributed by atoms with Gasteiger partial charge in [0.25, 0.3) is 0 Å². The Labute approximate surface area is 117 Å². The summed E-state index contributed by atoms with van der Waals surface area (Å²) in [6.45, 7) is 5.26. The summed E-state index contributed by atoms with van der Waals surface area (Å²) in [5.41, 5.74) is 4.38. The molecule has 0 saturated heterocycles. The Balaban J connectivity index is 2.37. The molecule has 2 rings (SSSR count). The predicted molar refractivity (Wildman–Crippen MR) is 71.1 cm³/mol. The summed E-state index contributed by atoms with van der Waals surface area (Å²) in [5.74, 6) is -1.89. The Hall–Kier alpha value is -1.49. The molecular weight excluding hydrogens is 264 g/mol. The van der Waals surface area contributed by atoms with E-state index in [2.05, 4.69) is 0 Å². The maximum Gasteiger partial charge on any atom is 0.317 e. The van der Waals surface area contributed by atoms with Gasteiger partial charge in [0, 0.05) is 12.1 Å². The molecule has 1 fully saturated rings. The zero-order valence-corrected chi connectivity index (χ0v) is 11.9. The molecule has 3 nitrogen and oxygen atoms in total. The highest BCUT2D eigenvalue weighted by Gasteiger charge is 2.52. The number of nitrogens with two attached hydrogens (primary N) is 1. The molecule has 0 amide bonds. The van der Waals surface area contributed by atoms with Crippen molar-refractivity contribution in [3.63, 3.8) is 0 Å². The molecular formula is C15H19F2NO2. The number of esters is 1. The first-order chi connectivity index (χ1) is 9.12. The van der Waals surface area contributed by atoms with Gasteiger partial charge in [-0.15, -0.1) is 0 Å². The van der Waals surface area contributed by atoms with Gasteiger partial charge in [-0.1, -0.05) is 0 Å². The molecule has 1 aromatic carbocycles. The van der Waals surface area contributed by atoms with Crippen molar-refractivity contribution in [1.82, 2.24) is 0 Å². The summed E-state index contributed by atoms with van der Waals surface area (Å²) in [7, 11) is 0. The van der Waals surface area contributed by atoms with Gasteiger partial charge >= 0.3 is 5.97 Å². The van der Waals surface area contributed by atoms with Gasteiger partial charge in [0.2, 0.25) is 0 Å². The normalized spacial score (nSPS) is 26.0. The average molecular weight is 283 g/mol. The minimum Gasteiger partial charge on any atom is -0.459 e. The highest BCUT2D eigenvalue weighted by atomic mass is 19.1. The molecule has 0 unspecified atom stereocenters.